The summed E-state index contributed by atoms with van der Waals surface area (Å²) in [5, 5.41) is 0. The number of aryl methyl sites for hydroxylation is 1. The summed E-state index contributed by atoms with van der Waals surface area (Å²) in [6.07, 6.45) is 5.95. The number of hydrogen-bond donors (Lipinski definition) is 0. The minimum absolute atomic E-state index is 0.178. The van der Waals surface area contributed by atoms with Crippen LogP contribution in [0, 0.1) is 5.82 Å². The zero-order valence-electron chi connectivity index (χ0n) is 18.1. The number of hydrogen-bond acceptors (Lipinski definition) is 2. The fraction of sp³-hybridized carbons (Fsp3) is 0.385. The van der Waals surface area contributed by atoms with Crippen molar-refractivity contribution in [2.45, 2.75) is 32.2 Å². The van der Waals surface area contributed by atoms with Gasteiger partial charge in [0.2, 0.25) is 0 Å². The van der Waals surface area contributed by atoms with Gasteiger partial charge in [-0.25, -0.2) is 4.39 Å². The predicted molar refractivity (Wildman–Crippen MR) is 123 cm³/mol. The Morgan fingerprint density at radius 3 is 2.30 bits per heavy atom. The van der Waals surface area contributed by atoms with Gasteiger partial charge in [0.15, 0.2) is 0 Å². The Bertz CT molecular complexity index is 942. The van der Waals surface area contributed by atoms with Crippen molar-refractivity contribution in [3.8, 4) is 11.3 Å². The summed E-state index contributed by atoms with van der Waals surface area (Å²) in [6.45, 7) is 7.18. The molecule has 2 aromatic carbocycles. The highest BCUT2D eigenvalue weighted by molar-refractivity contribution is 5.71. The molecule has 3 aromatic rings. The number of halogens is 1. The molecular weight excluding hydrogens is 373 g/mol. The van der Waals surface area contributed by atoms with Gasteiger partial charge < -0.3 is 14.4 Å². The van der Waals surface area contributed by atoms with Crippen LogP contribution in [0.15, 0.2) is 66.9 Å². The van der Waals surface area contributed by atoms with E-state index in [1.54, 1.807) is 18.2 Å². The molecule has 0 radical (unpaired) electrons. The molecular formula is C26H32FN3. The van der Waals surface area contributed by atoms with Crippen molar-refractivity contribution < 1.29 is 4.39 Å². The SMILES string of the molecule is CCN1CCC(N2CCc3ccc(-c4cccn4C)cc32)CC1.Fc1ccccc1. The summed E-state index contributed by atoms with van der Waals surface area (Å²) in [6, 6.07) is 20.1. The predicted octanol–water partition coefficient (Wildman–Crippen LogP) is 5.36. The molecule has 0 aliphatic carbocycles. The Morgan fingerprint density at radius 1 is 0.933 bits per heavy atom. The summed E-state index contributed by atoms with van der Waals surface area (Å²) < 4.78 is 14.1. The number of aromatic nitrogens is 1. The third kappa shape index (κ3) is 4.59. The van der Waals surface area contributed by atoms with Crippen LogP contribution in [0.1, 0.15) is 25.3 Å². The normalized spacial score (nSPS) is 16.8. The largest absolute Gasteiger partial charge is 0.368 e. The van der Waals surface area contributed by atoms with Gasteiger partial charge in [0.25, 0.3) is 0 Å². The molecule has 0 bridgehead atoms. The van der Waals surface area contributed by atoms with Gasteiger partial charge in [-0.05, 0) is 61.7 Å². The molecule has 2 aliphatic heterocycles. The van der Waals surface area contributed by atoms with Crippen LogP contribution in [0.5, 0.6) is 0 Å². The first-order valence-corrected chi connectivity index (χ1v) is 11.1. The van der Waals surface area contributed by atoms with Crippen molar-refractivity contribution in [3.63, 3.8) is 0 Å². The van der Waals surface area contributed by atoms with Gasteiger partial charge in [-0.15, -0.1) is 0 Å². The van der Waals surface area contributed by atoms with E-state index < -0.39 is 0 Å². The standard InChI is InChI=1S/C20H27N3.C6H5F/c1-3-22-12-9-18(10-13-22)23-14-8-16-6-7-17(15-20(16)23)19-5-4-11-21(19)2;7-6-4-2-1-3-5-6/h4-7,11,15,18H,3,8-10,12-14H2,1-2H3;1-5H. The van der Waals surface area contributed by atoms with Crippen LogP contribution in [0.4, 0.5) is 10.1 Å². The number of benzene rings is 2. The summed E-state index contributed by atoms with van der Waals surface area (Å²) in [4.78, 5) is 5.27. The molecule has 3 heterocycles. The van der Waals surface area contributed by atoms with E-state index in [0.29, 0.717) is 0 Å². The highest BCUT2D eigenvalue weighted by Gasteiger charge is 2.29. The Kier molecular flexibility index (Phi) is 6.53. The monoisotopic (exact) mass is 405 g/mol. The van der Waals surface area contributed by atoms with Gasteiger partial charge in [0.05, 0.1) is 0 Å². The lowest BCUT2D eigenvalue weighted by Crippen LogP contribution is -2.44. The van der Waals surface area contributed by atoms with Crippen LogP contribution < -0.4 is 4.90 Å². The van der Waals surface area contributed by atoms with Crippen molar-refractivity contribution in [1.29, 1.82) is 0 Å². The Hall–Kier alpha value is -2.59. The second-order valence-corrected chi connectivity index (χ2v) is 8.25. The zero-order valence-corrected chi connectivity index (χ0v) is 18.1. The maximum absolute atomic E-state index is 11.9. The number of rotatable bonds is 3. The van der Waals surface area contributed by atoms with Crippen molar-refractivity contribution >= 4 is 5.69 Å². The van der Waals surface area contributed by atoms with Crippen LogP contribution in [-0.2, 0) is 13.5 Å². The van der Waals surface area contributed by atoms with Gasteiger partial charge >= 0.3 is 0 Å². The fourth-order valence-electron chi connectivity index (χ4n) is 4.67. The Balaban J connectivity index is 0.000000265. The third-order valence-corrected chi connectivity index (χ3v) is 6.43. The number of fused-ring (bicyclic) bond motifs is 1. The van der Waals surface area contributed by atoms with Crippen LogP contribution in [0.25, 0.3) is 11.3 Å². The molecule has 0 spiro atoms. The number of piperidine rings is 1. The maximum atomic E-state index is 11.9. The van der Waals surface area contributed by atoms with Crippen LogP contribution in [-0.4, -0.2) is 41.7 Å². The second-order valence-electron chi connectivity index (χ2n) is 8.25. The molecule has 30 heavy (non-hydrogen) atoms. The lowest BCUT2D eigenvalue weighted by Gasteiger charge is -2.37. The number of nitrogens with zero attached hydrogens (tertiary/aromatic N) is 3. The quantitative estimate of drug-likeness (QED) is 0.581. The van der Waals surface area contributed by atoms with E-state index in [1.807, 2.05) is 0 Å². The van der Waals surface area contributed by atoms with Crippen LogP contribution >= 0.6 is 0 Å². The molecule has 1 saturated heterocycles. The van der Waals surface area contributed by atoms with Crippen molar-refractivity contribution in [2.75, 3.05) is 31.1 Å². The smallest absolute Gasteiger partial charge is 0.123 e. The van der Waals surface area contributed by atoms with E-state index in [1.165, 1.54) is 80.1 Å². The van der Waals surface area contributed by atoms with E-state index in [-0.39, 0.29) is 5.82 Å². The topological polar surface area (TPSA) is 11.4 Å². The molecule has 1 fully saturated rings. The second kappa shape index (κ2) is 9.48. The first-order chi connectivity index (χ1) is 14.7. The molecule has 0 unspecified atom stereocenters. The minimum atomic E-state index is -0.178. The first-order valence-electron chi connectivity index (χ1n) is 11.1. The van der Waals surface area contributed by atoms with Gasteiger partial charge in [0, 0.05) is 55.9 Å². The van der Waals surface area contributed by atoms with Crippen LogP contribution in [0.3, 0.4) is 0 Å². The van der Waals surface area contributed by atoms with Crippen molar-refractivity contribution in [3.05, 3.63) is 78.2 Å². The van der Waals surface area contributed by atoms with E-state index in [4.69, 9.17) is 0 Å². The average molecular weight is 406 g/mol. The lowest BCUT2D eigenvalue weighted by atomic mass is 10.0. The fourth-order valence-corrected chi connectivity index (χ4v) is 4.67. The van der Waals surface area contributed by atoms with Crippen molar-refractivity contribution in [2.24, 2.45) is 7.05 Å². The Morgan fingerprint density at radius 2 is 1.70 bits per heavy atom. The molecule has 3 nitrogen and oxygen atoms in total. The van der Waals surface area contributed by atoms with E-state index >= 15 is 0 Å². The van der Waals surface area contributed by atoms with E-state index in [0.717, 1.165) is 6.04 Å². The summed E-state index contributed by atoms with van der Waals surface area (Å²) in [5.41, 5.74) is 5.66. The number of anilines is 1. The first kappa shape index (κ1) is 20.7. The zero-order chi connectivity index (χ0) is 20.9. The average Bonchev–Trinajstić information content (AvgIpc) is 3.40. The lowest BCUT2D eigenvalue weighted by molar-refractivity contribution is 0.219. The van der Waals surface area contributed by atoms with Gasteiger partial charge in [-0.3, -0.25) is 0 Å². The van der Waals surface area contributed by atoms with Gasteiger partial charge in [0.1, 0.15) is 5.82 Å². The summed E-state index contributed by atoms with van der Waals surface area (Å²) >= 11 is 0. The summed E-state index contributed by atoms with van der Waals surface area (Å²) in [7, 11) is 2.13. The molecule has 0 amide bonds. The highest BCUT2D eigenvalue weighted by atomic mass is 19.1. The molecule has 5 rings (SSSR count). The molecule has 4 heteroatoms. The molecule has 0 saturated carbocycles. The van der Waals surface area contributed by atoms with Gasteiger partial charge in [-0.2, -0.15) is 0 Å². The molecule has 2 aliphatic rings. The maximum Gasteiger partial charge on any atom is 0.123 e. The molecule has 158 valence electrons. The van der Waals surface area contributed by atoms with E-state index in [2.05, 4.69) is 64.9 Å². The van der Waals surface area contributed by atoms with Crippen molar-refractivity contribution in [1.82, 2.24) is 9.47 Å². The summed E-state index contributed by atoms with van der Waals surface area (Å²) in [5.74, 6) is -0.178. The minimum Gasteiger partial charge on any atom is -0.368 e. The van der Waals surface area contributed by atoms with Gasteiger partial charge in [-0.1, -0.05) is 37.3 Å². The molecule has 0 N–H and O–H groups in total. The van der Waals surface area contributed by atoms with Crippen LogP contribution in [0.2, 0.25) is 0 Å². The highest BCUT2D eigenvalue weighted by Crippen LogP contribution is 2.36. The molecule has 0 atom stereocenters. The molecule has 1 aromatic heterocycles. The third-order valence-electron chi connectivity index (χ3n) is 6.43. The van der Waals surface area contributed by atoms with E-state index in [9.17, 15) is 4.39 Å². The Labute approximate surface area is 179 Å². The number of likely N-dealkylation sites (tertiary alicyclic amines) is 1.